The average Bonchev–Trinajstić information content (AvgIpc) is 2.73. The summed E-state index contributed by atoms with van der Waals surface area (Å²) >= 11 is 0. The first kappa shape index (κ1) is 19.9. The fourth-order valence-electron chi connectivity index (χ4n) is 3.59. The molecule has 0 spiro atoms. The maximum absolute atomic E-state index is 13.3. The fourth-order valence-corrected chi connectivity index (χ4v) is 3.59. The molecule has 0 bridgehead atoms. The Hall–Kier alpha value is -3.35. The van der Waals surface area contributed by atoms with E-state index in [0.29, 0.717) is 18.8 Å². The number of carbonyl (C=O) groups excluding carboxylic acids is 1. The molecule has 0 unspecified atom stereocenters. The summed E-state index contributed by atoms with van der Waals surface area (Å²) in [5, 5.41) is 2.58. The topological polar surface area (TPSA) is 32.3 Å². The van der Waals surface area contributed by atoms with Crippen LogP contribution in [0.3, 0.4) is 0 Å². The van der Waals surface area contributed by atoms with Crippen molar-refractivity contribution in [3.05, 3.63) is 94.8 Å². The molecule has 4 rings (SSSR count). The molecular formula is C23H18F4N2O. The van der Waals surface area contributed by atoms with Crippen LogP contribution < -0.4 is 10.2 Å². The lowest BCUT2D eigenvalue weighted by Crippen LogP contribution is -2.31. The highest BCUT2D eigenvalue weighted by Crippen LogP contribution is 2.37. The Morgan fingerprint density at radius 1 is 0.933 bits per heavy atom. The highest BCUT2D eigenvalue weighted by atomic mass is 19.4. The molecule has 1 heterocycles. The number of nitrogens with one attached hydrogen (secondary N) is 1. The van der Waals surface area contributed by atoms with Crippen molar-refractivity contribution in [2.24, 2.45) is 0 Å². The Balaban J connectivity index is 1.68. The van der Waals surface area contributed by atoms with Gasteiger partial charge in [0.15, 0.2) is 0 Å². The molecule has 0 saturated heterocycles. The summed E-state index contributed by atoms with van der Waals surface area (Å²) in [7, 11) is 0. The first-order valence-electron chi connectivity index (χ1n) is 9.41. The van der Waals surface area contributed by atoms with E-state index in [9.17, 15) is 22.4 Å². The quantitative estimate of drug-likeness (QED) is 0.561. The summed E-state index contributed by atoms with van der Waals surface area (Å²) in [6.45, 7) is 1.14. The molecule has 0 radical (unpaired) electrons. The minimum Gasteiger partial charge on any atom is -0.365 e. The maximum Gasteiger partial charge on any atom is 0.416 e. The predicted molar refractivity (Wildman–Crippen MR) is 107 cm³/mol. The van der Waals surface area contributed by atoms with Crippen LogP contribution in [0.25, 0.3) is 0 Å². The van der Waals surface area contributed by atoms with Crippen molar-refractivity contribution in [2.75, 3.05) is 16.8 Å². The monoisotopic (exact) mass is 414 g/mol. The van der Waals surface area contributed by atoms with Crippen molar-refractivity contribution < 1.29 is 22.4 Å². The minimum absolute atomic E-state index is 0.0681. The van der Waals surface area contributed by atoms with E-state index in [2.05, 4.69) is 5.32 Å². The van der Waals surface area contributed by atoms with E-state index in [-0.39, 0.29) is 11.3 Å². The zero-order chi connectivity index (χ0) is 21.3. The molecule has 0 aromatic heterocycles. The van der Waals surface area contributed by atoms with Crippen molar-refractivity contribution in [3.8, 4) is 0 Å². The molecule has 1 aliphatic rings. The number of nitrogens with zero attached hydrogens (tertiary/aromatic N) is 1. The Morgan fingerprint density at radius 2 is 1.63 bits per heavy atom. The third kappa shape index (κ3) is 4.15. The zero-order valence-corrected chi connectivity index (χ0v) is 15.8. The number of rotatable bonds is 3. The van der Waals surface area contributed by atoms with Gasteiger partial charge in [-0.25, -0.2) is 4.39 Å². The Labute approximate surface area is 170 Å². The summed E-state index contributed by atoms with van der Waals surface area (Å²) in [5.41, 5.74) is 2.19. The van der Waals surface area contributed by atoms with Gasteiger partial charge in [-0.15, -0.1) is 0 Å². The van der Waals surface area contributed by atoms with Gasteiger partial charge in [-0.1, -0.05) is 24.3 Å². The summed E-state index contributed by atoms with van der Waals surface area (Å²) in [5.74, 6) is -1.11. The normalized spacial score (nSPS) is 13.7. The van der Waals surface area contributed by atoms with Crippen LogP contribution >= 0.6 is 0 Å². The van der Waals surface area contributed by atoms with Gasteiger partial charge in [-0.2, -0.15) is 13.2 Å². The number of halogens is 4. The van der Waals surface area contributed by atoms with Crippen LogP contribution in [0, 0.1) is 5.82 Å². The number of benzene rings is 3. The number of fused-ring (bicyclic) bond motifs is 1. The van der Waals surface area contributed by atoms with E-state index in [1.165, 1.54) is 23.8 Å². The van der Waals surface area contributed by atoms with Crippen LogP contribution in [0.1, 0.15) is 27.0 Å². The molecule has 3 nitrogen and oxygen atoms in total. The van der Waals surface area contributed by atoms with E-state index in [4.69, 9.17) is 0 Å². The number of hydrogen-bond donors (Lipinski definition) is 1. The van der Waals surface area contributed by atoms with E-state index in [1.54, 1.807) is 0 Å². The third-order valence-electron chi connectivity index (χ3n) is 5.15. The van der Waals surface area contributed by atoms with Gasteiger partial charge in [0.25, 0.3) is 5.91 Å². The second kappa shape index (κ2) is 7.82. The van der Waals surface area contributed by atoms with E-state index in [0.717, 1.165) is 36.2 Å². The SMILES string of the molecule is O=C(Nc1cc(C(F)(F)F)ccc1N1CCc2ccccc2C1)c1ccc(F)cc1. The first-order valence-corrected chi connectivity index (χ1v) is 9.41. The van der Waals surface area contributed by atoms with Crippen molar-refractivity contribution >= 4 is 17.3 Å². The third-order valence-corrected chi connectivity index (χ3v) is 5.15. The fraction of sp³-hybridized carbons (Fsp3) is 0.174. The molecule has 1 N–H and O–H groups in total. The molecule has 7 heteroatoms. The molecule has 3 aromatic rings. The summed E-state index contributed by atoms with van der Waals surface area (Å²) in [6, 6.07) is 16.1. The van der Waals surface area contributed by atoms with Crippen LogP contribution in [-0.2, 0) is 19.1 Å². The van der Waals surface area contributed by atoms with Gasteiger partial charge in [0, 0.05) is 18.7 Å². The number of carbonyl (C=O) groups is 1. The van der Waals surface area contributed by atoms with Gasteiger partial charge in [0.05, 0.1) is 16.9 Å². The largest absolute Gasteiger partial charge is 0.416 e. The Bertz CT molecular complexity index is 1080. The second-order valence-electron chi connectivity index (χ2n) is 7.13. The predicted octanol–water partition coefficient (Wildman–Crippen LogP) is 5.66. The molecule has 0 aliphatic carbocycles. The molecule has 0 saturated carbocycles. The smallest absolute Gasteiger partial charge is 0.365 e. The van der Waals surface area contributed by atoms with Gasteiger partial charge >= 0.3 is 6.18 Å². The van der Waals surface area contributed by atoms with E-state index >= 15 is 0 Å². The van der Waals surface area contributed by atoms with Crippen molar-refractivity contribution in [2.45, 2.75) is 19.1 Å². The molecule has 0 atom stereocenters. The number of alkyl halides is 3. The highest BCUT2D eigenvalue weighted by Gasteiger charge is 2.32. The molecule has 154 valence electrons. The van der Waals surface area contributed by atoms with Crippen molar-refractivity contribution in [1.29, 1.82) is 0 Å². The van der Waals surface area contributed by atoms with E-state index in [1.807, 2.05) is 29.2 Å². The van der Waals surface area contributed by atoms with Crippen LogP contribution in [0.15, 0.2) is 66.7 Å². The highest BCUT2D eigenvalue weighted by molar-refractivity contribution is 6.06. The van der Waals surface area contributed by atoms with Crippen LogP contribution in [0.5, 0.6) is 0 Å². The molecule has 0 fully saturated rings. The van der Waals surface area contributed by atoms with E-state index < -0.39 is 23.5 Å². The molecule has 30 heavy (non-hydrogen) atoms. The van der Waals surface area contributed by atoms with Crippen LogP contribution in [-0.4, -0.2) is 12.5 Å². The molecular weight excluding hydrogens is 396 g/mol. The summed E-state index contributed by atoms with van der Waals surface area (Å²) in [6.07, 6.45) is -3.79. The minimum atomic E-state index is -4.54. The number of anilines is 2. The Kier molecular flexibility index (Phi) is 5.20. The van der Waals surface area contributed by atoms with Gasteiger partial charge in [0.2, 0.25) is 0 Å². The van der Waals surface area contributed by atoms with Crippen LogP contribution in [0.2, 0.25) is 0 Å². The maximum atomic E-state index is 13.3. The number of amides is 1. The lowest BCUT2D eigenvalue weighted by molar-refractivity contribution is -0.137. The lowest BCUT2D eigenvalue weighted by Gasteiger charge is -2.32. The van der Waals surface area contributed by atoms with Gasteiger partial charge < -0.3 is 10.2 Å². The van der Waals surface area contributed by atoms with Crippen LogP contribution in [0.4, 0.5) is 28.9 Å². The zero-order valence-electron chi connectivity index (χ0n) is 15.8. The molecule has 3 aromatic carbocycles. The lowest BCUT2D eigenvalue weighted by atomic mass is 9.99. The summed E-state index contributed by atoms with van der Waals surface area (Å²) in [4.78, 5) is 14.5. The van der Waals surface area contributed by atoms with Crippen molar-refractivity contribution in [3.63, 3.8) is 0 Å². The van der Waals surface area contributed by atoms with Gasteiger partial charge in [-0.05, 0) is 60.0 Å². The standard InChI is InChI=1S/C23H18F4N2O/c24-19-8-5-16(6-9-19)22(30)28-20-13-18(23(25,26)27)7-10-21(20)29-12-11-15-3-1-2-4-17(15)14-29/h1-10,13H,11-12,14H2,(H,28,30). The molecule has 1 aliphatic heterocycles. The summed E-state index contributed by atoms with van der Waals surface area (Å²) < 4.78 is 53.0. The molecule has 1 amide bonds. The first-order chi connectivity index (χ1) is 14.3. The van der Waals surface area contributed by atoms with Gasteiger partial charge in [0.1, 0.15) is 5.82 Å². The van der Waals surface area contributed by atoms with Gasteiger partial charge in [-0.3, -0.25) is 4.79 Å². The van der Waals surface area contributed by atoms with Crippen molar-refractivity contribution in [1.82, 2.24) is 0 Å². The average molecular weight is 414 g/mol. The second-order valence-corrected chi connectivity index (χ2v) is 7.13. The number of hydrogen-bond acceptors (Lipinski definition) is 2. The Morgan fingerprint density at radius 3 is 2.33 bits per heavy atom.